The number of aromatic nitrogens is 1. The van der Waals surface area contributed by atoms with Crippen LogP contribution in [0.25, 0.3) is 22.2 Å². The lowest BCUT2D eigenvalue weighted by Crippen LogP contribution is -2.01. The van der Waals surface area contributed by atoms with Gasteiger partial charge in [0.1, 0.15) is 11.6 Å². The number of halogens is 2. The van der Waals surface area contributed by atoms with Gasteiger partial charge in [0.15, 0.2) is 0 Å². The van der Waals surface area contributed by atoms with Crippen LogP contribution >= 0.6 is 0 Å². The maximum Gasteiger partial charge on any atom is 0.336 e. The third-order valence-corrected chi connectivity index (χ3v) is 3.40. The molecule has 3 aromatic rings. The molecular formula is C17H11F2NO2. The average Bonchev–Trinajstić information content (AvgIpc) is 2.48. The number of pyridine rings is 1. The second kappa shape index (κ2) is 5.18. The second-order valence-electron chi connectivity index (χ2n) is 5.00. The molecule has 1 aromatic heterocycles. The molecule has 3 rings (SSSR count). The Kier molecular flexibility index (Phi) is 3.33. The second-order valence-corrected chi connectivity index (χ2v) is 5.00. The molecule has 1 heterocycles. The SMILES string of the molecule is Cc1ccc2nc(-c3cc(F)ccc3F)cc(C(=O)O)c2c1. The zero-order valence-corrected chi connectivity index (χ0v) is 11.6. The van der Waals surface area contributed by atoms with Crippen LogP contribution in [0.1, 0.15) is 15.9 Å². The van der Waals surface area contributed by atoms with Gasteiger partial charge in [0, 0.05) is 10.9 Å². The first-order chi connectivity index (χ1) is 10.5. The number of aryl methyl sites for hydroxylation is 1. The molecule has 2 aromatic carbocycles. The molecule has 0 saturated carbocycles. The van der Waals surface area contributed by atoms with E-state index >= 15 is 0 Å². The lowest BCUT2D eigenvalue weighted by molar-refractivity contribution is 0.0699. The molecule has 0 amide bonds. The van der Waals surface area contributed by atoms with Crippen LogP contribution in [-0.2, 0) is 0 Å². The highest BCUT2D eigenvalue weighted by Crippen LogP contribution is 2.27. The van der Waals surface area contributed by atoms with Gasteiger partial charge in [-0.1, -0.05) is 11.6 Å². The Hall–Kier alpha value is -2.82. The highest BCUT2D eigenvalue weighted by Gasteiger charge is 2.15. The van der Waals surface area contributed by atoms with Crippen molar-refractivity contribution in [2.75, 3.05) is 0 Å². The van der Waals surface area contributed by atoms with Crippen LogP contribution in [0.5, 0.6) is 0 Å². The molecule has 22 heavy (non-hydrogen) atoms. The summed E-state index contributed by atoms with van der Waals surface area (Å²) in [6.45, 7) is 1.84. The van der Waals surface area contributed by atoms with Crippen LogP contribution < -0.4 is 0 Å². The summed E-state index contributed by atoms with van der Waals surface area (Å²) in [4.78, 5) is 15.7. The van der Waals surface area contributed by atoms with Gasteiger partial charge in [-0.15, -0.1) is 0 Å². The molecule has 0 unspecified atom stereocenters. The molecule has 3 nitrogen and oxygen atoms in total. The monoisotopic (exact) mass is 299 g/mol. The predicted octanol–water partition coefficient (Wildman–Crippen LogP) is 4.19. The van der Waals surface area contributed by atoms with E-state index in [1.54, 1.807) is 18.2 Å². The summed E-state index contributed by atoms with van der Waals surface area (Å²) in [7, 11) is 0. The smallest absolute Gasteiger partial charge is 0.336 e. The zero-order chi connectivity index (χ0) is 15.9. The molecule has 5 heteroatoms. The number of hydrogen-bond donors (Lipinski definition) is 1. The number of aromatic carboxylic acids is 1. The van der Waals surface area contributed by atoms with Crippen molar-refractivity contribution < 1.29 is 18.7 Å². The Morgan fingerprint density at radius 3 is 2.59 bits per heavy atom. The zero-order valence-electron chi connectivity index (χ0n) is 11.6. The number of rotatable bonds is 2. The maximum absolute atomic E-state index is 13.9. The Balaban J connectivity index is 2.34. The molecule has 0 spiro atoms. The summed E-state index contributed by atoms with van der Waals surface area (Å²) in [6, 6.07) is 9.42. The molecule has 0 bridgehead atoms. The molecule has 0 saturated heterocycles. The van der Waals surface area contributed by atoms with Crippen molar-refractivity contribution >= 4 is 16.9 Å². The largest absolute Gasteiger partial charge is 0.478 e. The summed E-state index contributed by atoms with van der Waals surface area (Å²) in [5.74, 6) is -2.41. The fraction of sp³-hybridized carbons (Fsp3) is 0.0588. The van der Waals surface area contributed by atoms with Gasteiger partial charge in [0.05, 0.1) is 16.8 Å². The van der Waals surface area contributed by atoms with E-state index in [2.05, 4.69) is 4.98 Å². The number of fused-ring (bicyclic) bond motifs is 1. The van der Waals surface area contributed by atoms with Crippen LogP contribution in [-0.4, -0.2) is 16.1 Å². The van der Waals surface area contributed by atoms with Crippen molar-refractivity contribution in [2.45, 2.75) is 6.92 Å². The van der Waals surface area contributed by atoms with Crippen molar-refractivity contribution in [3.63, 3.8) is 0 Å². The van der Waals surface area contributed by atoms with Crippen molar-refractivity contribution in [3.05, 3.63) is 65.2 Å². The van der Waals surface area contributed by atoms with Crippen LogP contribution in [0.4, 0.5) is 8.78 Å². The highest BCUT2D eigenvalue weighted by molar-refractivity contribution is 6.04. The van der Waals surface area contributed by atoms with Gasteiger partial charge in [-0.2, -0.15) is 0 Å². The first kappa shape index (κ1) is 14.1. The van der Waals surface area contributed by atoms with Gasteiger partial charge in [-0.3, -0.25) is 0 Å². The van der Waals surface area contributed by atoms with E-state index in [4.69, 9.17) is 0 Å². The van der Waals surface area contributed by atoms with Crippen LogP contribution in [0.3, 0.4) is 0 Å². The fourth-order valence-corrected chi connectivity index (χ4v) is 2.35. The molecule has 0 fully saturated rings. The summed E-state index contributed by atoms with van der Waals surface area (Å²) in [6.07, 6.45) is 0. The standard InChI is InChI=1S/C17H11F2NO2/c1-9-2-5-15-11(6-9)12(17(21)22)8-16(20-15)13-7-10(18)3-4-14(13)19/h2-8H,1H3,(H,21,22). The number of carboxylic acid groups (broad SMARTS) is 1. The summed E-state index contributed by atoms with van der Waals surface area (Å²) in [5.41, 5.74) is 1.34. The molecule has 0 aliphatic heterocycles. The minimum atomic E-state index is -1.14. The van der Waals surface area contributed by atoms with Crippen molar-refractivity contribution in [2.24, 2.45) is 0 Å². The Labute approximate surface area is 124 Å². The average molecular weight is 299 g/mol. The van der Waals surface area contributed by atoms with Crippen molar-refractivity contribution in [3.8, 4) is 11.3 Å². The van der Waals surface area contributed by atoms with Gasteiger partial charge in [0.2, 0.25) is 0 Å². The van der Waals surface area contributed by atoms with Gasteiger partial charge >= 0.3 is 5.97 Å². The van der Waals surface area contributed by atoms with E-state index in [9.17, 15) is 18.7 Å². The first-order valence-corrected chi connectivity index (χ1v) is 6.56. The molecule has 0 radical (unpaired) electrons. The normalized spacial score (nSPS) is 10.9. The van der Waals surface area contributed by atoms with E-state index in [1.807, 2.05) is 6.92 Å². The Morgan fingerprint density at radius 1 is 1.09 bits per heavy atom. The summed E-state index contributed by atoms with van der Waals surface area (Å²) >= 11 is 0. The van der Waals surface area contributed by atoms with Crippen LogP contribution in [0.2, 0.25) is 0 Å². The summed E-state index contributed by atoms with van der Waals surface area (Å²) < 4.78 is 27.2. The topological polar surface area (TPSA) is 50.2 Å². The van der Waals surface area contributed by atoms with Crippen LogP contribution in [0.15, 0.2) is 42.5 Å². The number of carbonyl (C=O) groups is 1. The van der Waals surface area contributed by atoms with E-state index in [0.29, 0.717) is 10.9 Å². The van der Waals surface area contributed by atoms with Gasteiger partial charge < -0.3 is 5.11 Å². The van der Waals surface area contributed by atoms with E-state index in [1.165, 1.54) is 6.07 Å². The maximum atomic E-state index is 13.9. The molecule has 0 aliphatic carbocycles. The molecule has 1 N–H and O–H groups in total. The van der Waals surface area contributed by atoms with E-state index in [-0.39, 0.29) is 16.8 Å². The molecular weight excluding hydrogens is 288 g/mol. The number of benzene rings is 2. The number of hydrogen-bond acceptors (Lipinski definition) is 2. The van der Waals surface area contributed by atoms with E-state index in [0.717, 1.165) is 23.8 Å². The minimum Gasteiger partial charge on any atom is -0.478 e. The summed E-state index contributed by atoms with van der Waals surface area (Å²) in [5, 5.41) is 9.84. The van der Waals surface area contributed by atoms with Gasteiger partial charge in [-0.05, 0) is 43.3 Å². The lowest BCUT2D eigenvalue weighted by Gasteiger charge is -2.09. The highest BCUT2D eigenvalue weighted by atomic mass is 19.1. The quantitative estimate of drug-likeness (QED) is 0.772. The predicted molar refractivity (Wildman–Crippen MR) is 78.8 cm³/mol. The Morgan fingerprint density at radius 2 is 1.86 bits per heavy atom. The lowest BCUT2D eigenvalue weighted by atomic mass is 10.0. The Bertz CT molecular complexity index is 907. The van der Waals surface area contributed by atoms with Crippen LogP contribution in [0, 0.1) is 18.6 Å². The molecule has 0 atom stereocenters. The number of carboxylic acids is 1. The fourth-order valence-electron chi connectivity index (χ4n) is 2.35. The minimum absolute atomic E-state index is 0.00682. The molecule has 110 valence electrons. The van der Waals surface area contributed by atoms with Gasteiger partial charge in [0.25, 0.3) is 0 Å². The van der Waals surface area contributed by atoms with Crippen molar-refractivity contribution in [1.82, 2.24) is 4.98 Å². The number of nitrogens with zero attached hydrogens (tertiary/aromatic N) is 1. The van der Waals surface area contributed by atoms with Crippen molar-refractivity contribution in [1.29, 1.82) is 0 Å². The third-order valence-electron chi connectivity index (χ3n) is 3.40. The third kappa shape index (κ3) is 2.41. The van der Waals surface area contributed by atoms with E-state index < -0.39 is 17.6 Å². The molecule has 0 aliphatic rings. The van der Waals surface area contributed by atoms with Gasteiger partial charge in [-0.25, -0.2) is 18.6 Å². The first-order valence-electron chi connectivity index (χ1n) is 6.56.